The first-order valence-electron chi connectivity index (χ1n) is 7.73. The standard InChI is InChI=1S/C16H16N4O5/c1-17-16(25)18-7-8-3-2-4-9-12(8)15(24)20(14(9)23)10-5-6-11(21)19-13(10)22/h2-4,10H,5-7H2,1H3,(H2,17,18,25)(H,19,21,22). The molecule has 25 heavy (non-hydrogen) atoms. The quantitative estimate of drug-likeness (QED) is 0.639. The summed E-state index contributed by atoms with van der Waals surface area (Å²) in [6.07, 6.45) is 0.164. The van der Waals surface area contributed by atoms with Crippen LogP contribution in [0.15, 0.2) is 18.2 Å². The first-order chi connectivity index (χ1) is 11.9. The molecule has 9 nitrogen and oxygen atoms in total. The molecule has 2 aliphatic heterocycles. The Bertz CT molecular complexity index is 804. The molecule has 0 saturated carbocycles. The molecule has 0 spiro atoms. The number of hydrogen-bond donors (Lipinski definition) is 3. The van der Waals surface area contributed by atoms with Gasteiger partial charge in [-0.2, -0.15) is 0 Å². The van der Waals surface area contributed by atoms with Gasteiger partial charge in [0.2, 0.25) is 11.8 Å². The molecular weight excluding hydrogens is 328 g/mol. The van der Waals surface area contributed by atoms with E-state index in [0.717, 1.165) is 4.90 Å². The topological polar surface area (TPSA) is 125 Å². The molecule has 0 radical (unpaired) electrons. The van der Waals surface area contributed by atoms with Crippen LogP contribution in [0.25, 0.3) is 0 Å². The van der Waals surface area contributed by atoms with Gasteiger partial charge < -0.3 is 10.6 Å². The summed E-state index contributed by atoms with van der Waals surface area (Å²) in [4.78, 5) is 61.0. The van der Waals surface area contributed by atoms with Crippen molar-refractivity contribution in [3.8, 4) is 0 Å². The molecule has 1 fully saturated rings. The number of carbonyl (C=O) groups is 5. The average molecular weight is 344 g/mol. The van der Waals surface area contributed by atoms with Crippen molar-refractivity contribution in [2.24, 2.45) is 0 Å². The van der Waals surface area contributed by atoms with Gasteiger partial charge in [-0.1, -0.05) is 12.1 Å². The molecule has 0 aliphatic carbocycles. The first-order valence-corrected chi connectivity index (χ1v) is 7.73. The third kappa shape index (κ3) is 2.84. The summed E-state index contributed by atoms with van der Waals surface area (Å²) < 4.78 is 0. The molecule has 3 N–H and O–H groups in total. The van der Waals surface area contributed by atoms with E-state index in [0.29, 0.717) is 5.56 Å². The second-order valence-corrected chi connectivity index (χ2v) is 5.72. The van der Waals surface area contributed by atoms with Gasteiger partial charge in [0.1, 0.15) is 6.04 Å². The fraction of sp³-hybridized carbons (Fsp3) is 0.312. The Balaban J connectivity index is 1.90. The first kappa shape index (κ1) is 16.6. The summed E-state index contributed by atoms with van der Waals surface area (Å²) >= 11 is 0. The highest BCUT2D eigenvalue weighted by Crippen LogP contribution is 2.29. The Hall–Kier alpha value is -3.23. The highest BCUT2D eigenvalue weighted by Gasteiger charge is 2.45. The normalized spacial score (nSPS) is 19.6. The summed E-state index contributed by atoms with van der Waals surface area (Å²) in [5.74, 6) is -2.25. The van der Waals surface area contributed by atoms with E-state index in [1.165, 1.54) is 13.1 Å². The number of urea groups is 1. The van der Waals surface area contributed by atoms with E-state index in [9.17, 15) is 24.0 Å². The van der Waals surface area contributed by atoms with Crippen LogP contribution in [0.1, 0.15) is 39.1 Å². The third-order valence-electron chi connectivity index (χ3n) is 4.22. The molecule has 9 heteroatoms. The van der Waals surface area contributed by atoms with Crippen LogP contribution in [0.2, 0.25) is 0 Å². The van der Waals surface area contributed by atoms with Gasteiger partial charge >= 0.3 is 6.03 Å². The Kier molecular flexibility index (Phi) is 4.22. The maximum Gasteiger partial charge on any atom is 0.314 e. The molecule has 1 unspecified atom stereocenters. The molecule has 1 saturated heterocycles. The number of fused-ring (bicyclic) bond motifs is 1. The molecule has 6 amide bonds. The van der Waals surface area contributed by atoms with Gasteiger partial charge in [0.25, 0.3) is 11.8 Å². The van der Waals surface area contributed by atoms with Gasteiger partial charge in [0.05, 0.1) is 11.1 Å². The van der Waals surface area contributed by atoms with Crippen molar-refractivity contribution in [3.63, 3.8) is 0 Å². The van der Waals surface area contributed by atoms with Crippen molar-refractivity contribution in [3.05, 3.63) is 34.9 Å². The zero-order chi connectivity index (χ0) is 18.1. The monoisotopic (exact) mass is 344 g/mol. The van der Waals surface area contributed by atoms with E-state index in [-0.39, 0.29) is 30.5 Å². The van der Waals surface area contributed by atoms with Gasteiger partial charge in [-0.05, 0) is 18.1 Å². The number of piperidine rings is 1. The third-order valence-corrected chi connectivity index (χ3v) is 4.22. The minimum absolute atomic E-state index is 0.0606. The minimum Gasteiger partial charge on any atom is -0.341 e. The Morgan fingerprint density at radius 3 is 2.68 bits per heavy atom. The van der Waals surface area contributed by atoms with Crippen molar-refractivity contribution in [1.82, 2.24) is 20.9 Å². The highest BCUT2D eigenvalue weighted by molar-refractivity contribution is 6.24. The molecule has 2 aliphatic rings. The Labute approximate surface area is 142 Å². The Morgan fingerprint density at radius 2 is 2.00 bits per heavy atom. The van der Waals surface area contributed by atoms with Crippen molar-refractivity contribution in [1.29, 1.82) is 0 Å². The number of hydrogen-bond acceptors (Lipinski definition) is 5. The lowest BCUT2D eigenvalue weighted by Crippen LogP contribution is -2.54. The molecule has 130 valence electrons. The molecule has 0 bridgehead atoms. The number of nitrogens with zero attached hydrogens (tertiary/aromatic N) is 1. The van der Waals surface area contributed by atoms with E-state index in [2.05, 4.69) is 16.0 Å². The van der Waals surface area contributed by atoms with E-state index < -0.39 is 35.7 Å². The highest BCUT2D eigenvalue weighted by atomic mass is 16.2. The molecule has 3 rings (SSSR count). The molecule has 0 aromatic heterocycles. The second kappa shape index (κ2) is 6.34. The predicted octanol–water partition coefficient (Wildman–Crippen LogP) is -0.483. The number of nitrogens with one attached hydrogen (secondary N) is 3. The van der Waals surface area contributed by atoms with E-state index in [4.69, 9.17) is 0 Å². The number of imide groups is 2. The maximum absolute atomic E-state index is 12.8. The smallest absolute Gasteiger partial charge is 0.314 e. The lowest BCUT2D eigenvalue weighted by molar-refractivity contribution is -0.136. The SMILES string of the molecule is CNC(=O)NCc1cccc2c1C(=O)N(C1CCC(=O)NC1=O)C2=O. The van der Waals surface area contributed by atoms with Gasteiger partial charge in [-0.15, -0.1) is 0 Å². The van der Waals surface area contributed by atoms with Gasteiger partial charge in [-0.25, -0.2) is 4.79 Å². The fourth-order valence-corrected chi connectivity index (χ4v) is 3.00. The number of amides is 6. The predicted molar refractivity (Wildman–Crippen MR) is 84.4 cm³/mol. The summed E-state index contributed by atoms with van der Waals surface area (Å²) in [5, 5.41) is 7.11. The summed E-state index contributed by atoms with van der Waals surface area (Å²) in [7, 11) is 1.46. The second-order valence-electron chi connectivity index (χ2n) is 5.72. The van der Waals surface area contributed by atoms with Crippen LogP contribution in [0.5, 0.6) is 0 Å². The van der Waals surface area contributed by atoms with Crippen LogP contribution in [0.3, 0.4) is 0 Å². The minimum atomic E-state index is -1.01. The molecule has 1 aromatic rings. The van der Waals surface area contributed by atoms with Crippen LogP contribution >= 0.6 is 0 Å². The van der Waals surface area contributed by atoms with Crippen LogP contribution in [0.4, 0.5) is 4.79 Å². The summed E-state index contributed by atoms with van der Waals surface area (Å²) in [6.45, 7) is 0.0606. The van der Waals surface area contributed by atoms with Crippen molar-refractivity contribution >= 4 is 29.7 Å². The number of carbonyl (C=O) groups excluding carboxylic acids is 5. The number of rotatable bonds is 3. The summed E-state index contributed by atoms with van der Waals surface area (Å²) in [5.41, 5.74) is 0.841. The van der Waals surface area contributed by atoms with Crippen LogP contribution in [-0.4, -0.2) is 47.6 Å². The van der Waals surface area contributed by atoms with Gasteiger partial charge in [-0.3, -0.25) is 29.4 Å². The zero-order valence-electron chi connectivity index (χ0n) is 13.4. The Morgan fingerprint density at radius 1 is 1.24 bits per heavy atom. The maximum atomic E-state index is 12.8. The molecular formula is C16H16N4O5. The molecule has 1 atom stereocenters. The van der Waals surface area contributed by atoms with Crippen molar-refractivity contribution in [2.45, 2.75) is 25.4 Å². The zero-order valence-corrected chi connectivity index (χ0v) is 13.4. The van der Waals surface area contributed by atoms with Crippen LogP contribution in [-0.2, 0) is 16.1 Å². The summed E-state index contributed by atoms with van der Waals surface area (Å²) in [6, 6.07) is 3.32. The lowest BCUT2D eigenvalue weighted by atomic mass is 10.0. The molecule has 2 heterocycles. The van der Waals surface area contributed by atoms with Gasteiger partial charge in [0.15, 0.2) is 0 Å². The fourth-order valence-electron chi connectivity index (χ4n) is 3.00. The van der Waals surface area contributed by atoms with Crippen molar-refractivity contribution < 1.29 is 24.0 Å². The largest absolute Gasteiger partial charge is 0.341 e. The van der Waals surface area contributed by atoms with Crippen LogP contribution < -0.4 is 16.0 Å². The lowest BCUT2D eigenvalue weighted by Gasteiger charge is -2.27. The van der Waals surface area contributed by atoms with Gasteiger partial charge in [0, 0.05) is 20.0 Å². The molecule has 1 aromatic carbocycles. The average Bonchev–Trinajstić information content (AvgIpc) is 2.85. The van der Waals surface area contributed by atoms with E-state index in [1.54, 1.807) is 12.1 Å². The van der Waals surface area contributed by atoms with Crippen LogP contribution in [0, 0.1) is 0 Å². The van der Waals surface area contributed by atoms with E-state index in [1.807, 2.05) is 0 Å². The van der Waals surface area contributed by atoms with E-state index >= 15 is 0 Å². The number of benzene rings is 1. The van der Waals surface area contributed by atoms with Crippen molar-refractivity contribution in [2.75, 3.05) is 7.05 Å².